The van der Waals surface area contributed by atoms with Crippen LogP contribution in [-0.2, 0) is 9.59 Å². The van der Waals surface area contributed by atoms with Crippen LogP contribution in [0.5, 0.6) is 0 Å². The van der Waals surface area contributed by atoms with Crippen molar-refractivity contribution in [3.05, 3.63) is 78.9 Å². The van der Waals surface area contributed by atoms with Crippen LogP contribution in [-0.4, -0.2) is 35.8 Å². The zero-order valence-electron chi connectivity index (χ0n) is 14.6. The zero-order chi connectivity index (χ0) is 18.4. The molecule has 3 rings (SSSR count). The molecule has 0 radical (unpaired) electrons. The molecule has 0 aromatic heterocycles. The van der Waals surface area contributed by atoms with E-state index < -0.39 is 6.04 Å². The van der Waals surface area contributed by atoms with E-state index in [1.54, 1.807) is 11.0 Å². The van der Waals surface area contributed by atoms with Gasteiger partial charge in [0.2, 0.25) is 11.8 Å². The molecule has 2 N–H and O–H groups in total. The molecule has 1 aliphatic rings. The summed E-state index contributed by atoms with van der Waals surface area (Å²) in [5.74, 6) is -0.171. The van der Waals surface area contributed by atoms with Gasteiger partial charge in [-0.3, -0.25) is 14.9 Å². The van der Waals surface area contributed by atoms with Gasteiger partial charge in [0.05, 0.1) is 6.04 Å². The number of amides is 2. The summed E-state index contributed by atoms with van der Waals surface area (Å²) in [7, 11) is 0. The van der Waals surface area contributed by atoms with Gasteiger partial charge in [-0.1, -0.05) is 54.6 Å². The number of anilines is 1. The maximum Gasteiger partial charge on any atom is 0.246 e. The third-order valence-corrected chi connectivity index (χ3v) is 4.45. The van der Waals surface area contributed by atoms with Gasteiger partial charge >= 0.3 is 0 Å². The van der Waals surface area contributed by atoms with Gasteiger partial charge in [0, 0.05) is 18.8 Å². The van der Waals surface area contributed by atoms with Crippen LogP contribution >= 0.6 is 0 Å². The molecule has 2 amide bonds. The Morgan fingerprint density at radius 2 is 1.81 bits per heavy atom. The summed E-state index contributed by atoms with van der Waals surface area (Å²) in [6.07, 6.45) is 2.39. The minimum absolute atomic E-state index is 0.0124. The second-order valence-corrected chi connectivity index (χ2v) is 6.28. The molecule has 1 heterocycles. The molecule has 5 heteroatoms. The highest BCUT2D eigenvalue weighted by Crippen LogP contribution is 2.20. The first-order valence-corrected chi connectivity index (χ1v) is 8.75. The highest BCUT2D eigenvalue weighted by molar-refractivity contribution is 5.96. The average Bonchev–Trinajstić information content (AvgIpc) is 3.01. The summed E-state index contributed by atoms with van der Waals surface area (Å²) in [5, 5.41) is 6.18. The molecule has 0 aliphatic carbocycles. The van der Waals surface area contributed by atoms with Crippen LogP contribution in [0.3, 0.4) is 0 Å². The van der Waals surface area contributed by atoms with Crippen molar-refractivity contribution >= 4 is 17.5 Å². The van der Waals surface area contributed by atoms with Crippen molar-refractivity contribution in [3.8, 4) is 0 Å². The smallest absolute Gasteiger partial charge is 0.246 e. The molecular formula is C21H23N3O2. The molecule has 26 heavy (non-hydrogen) atoms. The average molecular weight is 349 g/mol. The van der Waals surface area contributed by atoms with Crippen LogP contribution in [0.4, 0.5) is 5.69 Å². The van der Waals surface area contributed by atoms with Gasteiger partial charge in [-0.2, -0.15) is 0 Å². The van der Waals surface area contributed by atoms with E-state index in [0.717, 1.165) is 11.3 Å². The lowest BCUT2D eigenvalue weighted by atomic mass is 10.0. The van der Waals surface area contributed by atoms with Crippen LogP contribution in [0.2, 0.25) is 0 Å². The van der Waals surface area contributed by atoms with Crippen molar-refractivity contribution < 1.29 is 9.59 Å². The number of hydrogen-bond acceptors (Lipinski definition) is 3. The van der Waals surface area contributed by atoms with Gasteiger partial charge in [-0.15, -0.1) is 6.58 Å². The molecule has 0 unspecified atom stereocenters. The summed E-state index contributed by atoms with van der Waals surface area (Å²) < 4.78 is 0. The number of para-hydroxylation sites is 1. The van der Waals surface area contributed by atoms with Crippen LogP contribution in [0.15, 0.2) is 73.3 Å². The van der Waals surface area contributed by atoms with Crippen LogP contribution in [0.1, 0.15) is 18.0 Å². The maximum atomic E-state index is 12.9. The van der Waals surface area contributed by atoms with Crippen LogP contribution in [0, 0.1) is 0 Å². The molecule has 5 nitrogen and oxygen atoms in total. The monoisotopic (exact) mass is 349 g/mol. The molecule has 0 spiro atoms. The van der Waals surface area contributed by atoms with Gasteiger partial charge in [0.25, 0.3) is 0 Å². The van der Waals surface area contributed by atoms with E-state index in [9.17, 15) is 9.59 Å². The van der Waals surface area contributed by atoms with E-state index in [-0.39, 0.29) is 17.9 Å². The van der Waals surface area contributed by atoms with E-state index in [2.05, 4.69) is 17.2 Å². The zero-order valence-corrected chi connectivity index (χ0v) is 14.6. The van der Waals surface area contributed by atoms with Crippen molar-refractivity contribution in [2.45, 2.75) is 18.5 Å². The summed E-state index contributed by atoms with van der Waals surface area (Å²) in [6.45, 7) is 4.89. The lowest BCUT2D eigenvalue weighted by Gasteiger charge is -2.22. The molecule has 0 bridgehead atoms. The summed E-state index contributed by atoms with van der Waals surface area (Å²) >= 11 is 0. The first-order chi connectivity index (χ1) is 12.7. The summed E-state index contributed by atoms with van der Waals surface area (Å²) in [5.41, 5.74) is 1.56. The van der Waals surface area contributed by atoms with E-state index in [4.69, 9.17) is 0 Å². The highest BCUT2D eigenvalue weighted by atomic mass is 16.2. The SMILES string of the molecule is C=CCN1CC[C@@H](N[C@H](C(=O)Nc2ccccc2)c2ccccc2)C1=O. The fourth-order valence-electron chi connectivity index (χ4n) is 3.14. The standard InChI is InChI=1S/C21H23N3O2/c1-2-14-24-15-13-18(21(24)26)23-19(16-9-5-3-6-10-16)20(25)22-17-11-7-4-8-12-17/h2-12,18-19,23H,1,13-15H2,(H,22,25)/t18-,19+/m1/s1. The van der Waals surface area contributed by atoms with Gasteiger partial charge in [0.15, 0.2) is 0 Å². The number of benzene rings is 2. The highest BCUT2D eigenvalue weighted by Gasteiger charge is 2.34. The van der Waals surface area contributed by atoms with Gasteiger partial charge < -0.3 is 10.2 Å². The van der Waals surface area contributed by atoms with Crippen molar-refractivity contribution in [1.29, 1.82) is 0 Å². The number of nitrogens with one attached hydrogen (secondary N) is 2. The molecule has 1 aliphatic heterocycles. The van der Waals surface area contributed by atoms with E-state index in [0.29, 0.717) is 19.5 Å². The second-order valence-electron chi connectivity index (χ2n) is 6.28. The first-order valence-electron chi connectivity index (χ1n) is 8.75. The lowest BCUT2D eigenvalue weighted by Crippen LogP contribution is -2.44. The Morgan fingerprint density at radius 3 is 2.46 bits per heavy atom. The first kappa shape index (κ1) is 17.9. The van der Waals surface area contributed by atoms with Gasteiger partial charge in [-0.05, 0) is 24.1 Å². The van der Waals surface area contributed by atoms with E-state index in [1.807, 2.05) is 60.7 Å². The third kappa shape index (κ3) is 4.18. The molecular weight excluding hydrogens is 326 g/mol. The van der Waals surface area contributed by atoms with Crippen molar-refractivity contribution in [1.82, 2.24) is 10.2 Å². The minimum atomic E-state index is -0.603. The number of likely N-dealkylation sites (tertiary alicyclic amines) is 1. The Labute approximate surface area is 153 Å². The second kappa shape index (κ2) is 8.45. The number of hydrogen-bond donors (Lipinski definition) is 2. The van der Waals surface area contributed by atoms with E-state index in [1.165, 1.54) is 0 Å². The molecule has 134 valence electrons. The van der Waals surface area contributed by atoms with Crippen molar-refractivity contribution in [2.24, 2.45) is 0 Å². The molecule has 0 saturated carbocycles. The summed E-state index contributed by atoms with van der Waals surface area (Å²) in [4.78, 5) is 27.2. The molecule has 1 fully saturated rings. The van der Waals surface area contributed by atoms with E-state index >= 15 is 0 Å². The predicted octanol–water partition coefficient (Wildman–Crippen LogP) is 2.74. The Hall–Kier alpha value is -2.92. The quantitative estimate of drug-likeness (QED) is 0.756. The third-order valence-electron chi connectivity index (χ3n) is 4.45. The Bertz CT molecular complexity index is 761. The predicted molar refractivity (Wildman–Crippen MR) is 103 cm³/mol. The number of rotatable bonds is 7. The molecule has 2 aromatic rings. The van der Waals surface area contributed by atoms with Crippen molar-refractivity contribution in [3.63, 3.8) is 0 Å². The molecule has 2 aromatic carbocycles. The number of carbonyl (C=O) groups excluding carboxylic acids is 2. The Morgan fingerprint density at radius 1 is 1.15 bits per heavy atom. The molecule has 2 atom stereocenters. The Balaban J connectivity index is 1.77. The van der Waals surface area contributed by atoms with Crippen molar-refractivity contribution in [2.75, 3.05) is 18.4 Å². The normalized spacial score (nSPS) is 17.8. The largest absolute Gasteiger partial charge is 0.338 e. The molecule has 1 saturated heterocycles. The van der Waals surface area contributed by atoms with Crippen LogP contribution < -0.4 is 10.6 Å². The summed E-state index contributed by atoms with van der Waals surface area (Å²) in [6, 6.07) is 17.8. The van der Waals surface area contributed by atoms with Gasteiger partial charge in [-0.25, -0.2) is 0 Å². The lowest BCUT2D eigenvalue weighted by molar-refractivity contribution is -0.129. The topological polar surface area (TPSA) is 61.4 Å². The van der Waals surface area contributed by atoms with Crippen LogP contribution in [0.25, 0.3) is 0 Å². The Kier molecular flexibility index (Phi) is 5.81. The maximum absolute atomic E-state index is 12.9. The minimum Gasteiger partial charge on any atom is -0.338 e. The number of carbonyl (C=O) groups is 2. The number of nitrogens with zero attached hydrogens (tertiary/aromatic N) is 1. The fourth-order valence-corrected chi connectivity index (χ4v) is 3.14. The van der Waals surface area contributed by atoms with Gasteiger partial charge in [0.1, 0.15) is 6.04 Å². The fraction of sp³-hybridized carbons (Fsp3) is 0.238.